The quantitative estimate of drug-likeness (QED) is 0.298. The molecule has 2 aromatic carbocycles. The van der Waals surface area contributed by atoms with E-state index < -0.39 is 23.4 Å². The van der Waals surface area contributed by atoms with Gasteiger partial charge in [0, 0.05) is 23.5 Å². The number of carbonyl (C=O) groups is 2. The van der Waals surface area contributed by atoms with Crippen molar-refractivity contribution in [3.05, 3.63) is 59.8 Å². The highest BCUT2D eigenvalue weighted by Crippen LogP contribution is 2.37. The van der Waals surface area contributed by atoms with Gasteiger partial charge in [-0.1, -0.05) is 6.07 Å². The summed E-state index contributed by atoms with van der Waals surface area (Å²) in [5, 5.41) is 7.99. The summed E-state index contributed by atoms with van der Waals surface area (Å²) in [6, 6.07) is 11.5. The summed E-state index contributed by atoms with van der Waals surface area (Å²) in [7, 11) is 0. The molecule has 0 saturated heterocycles. The minimum absolute atomic E-state index is 0.0687. The molecule has 1 aliphatic rings. The highest BCUT2D eigenvalue weighted by molar-refractivity contribution is 6.28. The van der Waals surface area contributed by atoms with Gasteiger partial charge in [0.05, 0.1) is 18.5 Å². The van der Waals surface area contributed by atoms with Crippen molar-refractivity contribution in [1.29, 1.82) is 0 Å². The molecule has 1 atom stereocenters. The van der Waals surface area contributed by atoms with Gasteiger partial charge in [-0.25, -0.2) is 14.2 Å². The fourth-order valence-corrected chi connectivity index (χ4v) is 3.31. The fourth-order valence-electron chi connectivity index (χ4n) is 3.18. The number of hydrogen-bond donors (Lipinski definition) is 4. The van der Waals surface area contributed by atoms with Gasteiger partial charge in [-0.05, 0) is 54.9 Å². The number of hydrogen-bond acceptors (Lipinski definition) is 8. The van der Waals surface area contributed by atoms with E-state index in [2.05, 4.69) is 25.9 Å². The average molecular weight is 487 g/mol. The predicted molar refractivity (Wildman–Crippen MR) is 125 cm³/mol. The van der Waals surface area contributed by atoms with Crippen molar-refractivity contribution >= 4 is 52.2 Å². The molecule has 34 heavy (non-hydrogen) atoms. The number of rotatable bonds is 6. The molecule has 5 N–H and O–H groups in total. The van der Waals surface area contributed by atoms with Gasteiger partial charge in [0.1, 0.15) is 5.75 Å². The molecule has 0 fully saturated rings. The van der Waals surface area contributed by atoms with Crippen molar-refractivity contribution in [2.24, 2.45) is 0 Å². The maximum absolute atomic E-state index is 13.9. The van der Waals surface area contributed by atoms with E-state index in [1.165, 1.54) is 0 Å². The predicted octanol–water partition coefficient (Wildman–Crippen LogP) is 4.32. The lowest BCUT2D eigenvalue weighted by atomic mass is 9.99. The second-order valence-corrected chi connectivity index (χ2v) is 7.93. The number of halogens is 2. The number of amides is 2. The normalized spacial score (nSPS) is 16.6. The molecule has 0 bridgehead atoms. The number of nitrogen functional groups attached to an aromatic ring is 1. The maximum Gasteiger partial charge on any atom is 0.411 e. The van der Waals surface area contributed by atoms with Crippen molar-refractivity contribution < 1.29 is 23.5 Å². The van der Waals surface area contributed by atoms with Gasteiger partial charge in [0.2, 0.25) is 5.28 Å². The van der Waals surface area contributed by atoms with Crippen molar-refractivity contribution in [2.45, 2.75) is 18.9 Å². The Morgan fingerprint density at radius 2 is 2.12 bits per heavy atom. The zero-order valence-electron chi connectivity index (χ0n) is 17.9. The molecule has 1 aliphatic heterocycles. The molecule has 2 amide bonds. The molecule has 10 nitrogen and oxygen atoms in total. The number of nitrogens with one attached hydrogen (secondary N) is 3. The molecular formula is C22H20ClFN6O4. The van der Waals surface area contributed by atoms with Gasteiger partial charge in [-0.2, -0.15) is 4.98 Å². The topological polar surface area (TPSA) is 140 Å². The number of fused-ring (bicyclic) bond motifs is 1. The Bertz CT molecular complexity index is 1260. The third-order valence-electron chi connectivity index (χ3n) is 4.97. The van der Waals surface area contributed by atoms with Crippen molar-refractivity contribution in [2.75, 3.05) is 28.3 Å². The van der Waals surface area contributed by atoms with Gasteiger partial charge < -0.3 is 25.8 Å². The standard InChI is InChI=1S/C22H20ClFN6O4/c1-22(7-8-33-21(32)28-13-4-2-3-12(25)9-13)19(31)29-16-10-14(5-6-17(16)34-22)27-18-15(24)11-26-20(23)30-18/h2-6,9-11H,7-8,25H2,1H3,(H,28,32)(H,29,31)(H,26,27,30). The minimum atomic E-state index is -1.27. The lowest BCUT2D eigenvalue weighted by molar-refractivity contribution is -0.132. The van der Waals surface area contributed by atoms with Gasteiger partial charge in [-0.15, -0.1) is 0 Å². The van der Waals surface area contributed by atoms with Crippen LogP contribution >= 0.6 is 11.6 Å². The molecule has 176 valence electrons. The number of anilines is 5. The van der Waals surface area contributed by atoms with Crippen LogP contribution in [0.5, 0.6) is 5.75 Å². The van der Waals surface area contributed by atoms with Crippen LogP contribution in [-0.2, 0) is 9.53 Å². The van der Waals surface area contributed by atoms with Gasteiger partial charge in [0.15, 0.2) is 17.2 Å². The van der Waals surface area contributed by atoms with E-state index >= 15 is 0 Å². The number of nitrogens with zero attached hydrogens (tertiary/aromatic N) is 2. The Labute approximate surface area is 198 Å². The molecule has 0 aliphatic carbocycles. The van der Waals surface area contributed by atoms with E-state index in [1.807, 2.05) is 0 Å². The summed E-state index contributed by atoms with van der Waals surface area (Å²) in [5.41, 5.74) is 6.23. The first kappa shape index (κ1) is 23.1. The second kappa shape index (κ2) is 9.40. The van der Waals surface area contributed by atoms with E-state index in [-0.39, 0.29) is 24.1 Å². The van der Waals surface area contributed by atoms with Crippen molar-refractivity contribution in [3.63, 3.8) is 0 Å². The molecule has 2 heterocycles. The highest BCUT2D eigenvalue weighted by Gasteiger charge is 2.40. The van der Waals surface area contributed by atoms with Crippen LogP contribution in [0.1, 0.15) is 13.3 Å². The van der Waals surface area contributed by atoms with Crippen LogP contribution in [0.3, 0.4) is 0 Å². The zero-order chi connectivity index (χ0) is 24.3. The van der Waals surface area contributed by atoms with E-state index in [9.17, 15) is 14.0 Å². The smallest absolute Gasteiger partial charge is 0.411 e. The third-order valence-corrected chi connectivity index (χ3v) is 5.15. The summed E-state index contributed by atoms with van der Waals surface area (Å²) in [5.74, 6) is -0.817. The molecule has 0 saturated carbocycles. The molecule has 4 rings (SSSR count). The number of carbonyl (C=O) groups excluding carboxylic acids is 2. The zero-order valence-corrected chi connectivity index (χ0v) is 18.6. The van der Waals surface area contributed by atoms with Crippen LogP contribution in [0.15, 0.2) is 48.7 Å². The second-order valence-electron chi connectivity index (χ2n) is 7.59. The fraction of sp³-hybridized carbons (Fsp3) is 0.182. The van der Waals surface area contributed by atoms with Crippen LogP contribution in [-0.4, -0.2) is 34.2 Å². The Hall–Kier alpha value is -4.12. The van der Waals surface area contributed by atoms with Crippen LogP contribution < -0.4 is 26.4 Å². The van der Waals surface area contributed by atoms with Crippen LogP contribution in [0.25, 0.3) is 0 Å². The Morgan fingerprint density at radius 3 is 2.91 bits per heavy atom. The number of aromatic nitrogens is 2. The third kappa shape index (κ3) is 5.26. The Balaban J connectivity index is 1.37. The summed E-state index contributed by atoms with van der Waals surface area (Å²) in [6.45, 7) is 1.52. The van der Waals surface area contributed by atoms with Gasteiger partial charge in [0.25, 0.3) is 5.91 Å². The summed E-state index contributed by atoms with van der Waals surface area (Å²) < 4.78 is 25.0. The van der Waals surface area contributed by atoms with E-state index in [4.69, 9.17) is 26.8 Å². The molecule has 0 radical (unpaired) electrons. The first-order valence-electron chi connectivity index (χ1n) is 10.1. The van der Waals surface area contributed by atoms with E-state index in [1.54, 1.807) is 49.4 Å². The Morgan fingerprint density at radius 1 is 1.29 bits per heavy atom. The lowest BCUT2D eigenvalue weighted by Crippen LogP contribution is -2.49. The highest BCUT2D eigenvalue weighted by atomic mass is 35.5. The number of nitrogens with two attached hydrogens (primary N) is 1. The van der Waals surface area contributed by atoms with E-state index in [0.29, 0.717) is 28.5 Å². The SMILES string of the molecule is CC1(CCOC(=O)Nc2cccc(N)c2)Oc2ccc(Nc3nc(Cl)ncc3F)cc2NC1=O. The van der Waals surface area contributed by atoms with Crippen LogP contribution in [0.4, 0.5) is 37.8 Å². The first-order chi connectivity index (χ1) is 16.2. The molecule has 3 aromatic rings. The first-order valence-corrected chi connectivity index (χ1v) is 10.5. The lowest BCUT2D eigenvalue weighted by Gasteiger charge is -2.34. The van der Waals surface area contributed by atoms with E-state index in [0.717, 1.165) is 6.20 Å². The van der Waals surface area contributed by atoms with Crippen molar-refractivity contribution in [1.82, 2.24) is 9.97 Å². The molecule has 12 heteroatoms. The maximum atomic E-state index is 13.9. The molecule has 0 spiro atoms. The average Bonchev–Trinajstić information content (AvgIpc) is 2.77. The molecule has 1 unspecified atom stereocenters. The summed E-state index contributed by atoms with van der Waals surface area (Å²) in [4.78, 5) is 32.1. The minimum Gasteiger partial charge on any atom is -0.475 e. The largest absolute Gasteiger partial charge is 0.475 e. The summed E-state index contributed by atoms with van der Waals surface area (Å²) in [6.07, 6.45) is 0.371. The van der Waals surface area contributed by atoms with Gasteiger partial charge in [-0.3, -0.25) is 10.1 Å². The van der Waals surface area contributed by atoms with Crippen LogP contribution in [0.2, 0.25) is 5.28 Å². The van der Waals surface area contributed by atoms with Crippen LogP contribution in [0, 0.1) is 5.82 Å². The van der Waals surface area contributed by atoms with Crippen molar-refractivity contribution in [3.8, 4) is 5.75 Å². The number of benzene rings is 2. The van der Waals surface area contributed by atoms with Gasteiger partial charge >= 0.3 is 6.09 Å². The molecular weight excluding hydrogens is 467 g/mol. The Kier molecular flexibility index (Phi) is 6.37. The number of ether oxygens (including phenoxy) is 2. The monoisotopic (exact) mass is 486 g/mol. The summed E-state index contributed by atoms with van der Waals surface area (Å²) >= 11 is 5.71. The molecule has 1 aromatic heterocycles.